The summed E-state index contributed by atoms with van der Waals surface area (Å²) in [6.07, 6.45) is 0. The van der Waals surface area contributed by atoms with Crippen LogP contribution in [0.5, 0.6) is 0 Å². The Bertz CT molecular complexity index is 509. The predicted molar refractivity (Wildman–Crippen MR) is 64.1 cm³/mol. The summed E-state index contributed by atoms with van der Waals surface area (Å²) >= 11 is 0. The van der Waals surface area contributed by atoms with Crippen LogP contribution in [0.3, 0.4) is 0 Å². The first-order valence-corrected chi connectivity index (χ1v) is 5.62. The Hall–Kier alpha value is -2.17. The van der Waals surface area contributed by atoms with Crippen molar-refractivity contribution in [2.75, 3.05) is 6.61 Å². The van der Waals surface area contributed by atoms with Crippen molar-refractivity contribution < 1.29 is 19.1 Å². The van der Waals surface area contributed by atoms with Crippen LogP contribution in [-0.2, 0) is 19.1 Å². The maximum Gasteiger partial charge on any atom is 0.352 e. The maximum atomic E-state index is 11.8. The summed E-state index contributed by atoms with van der Waals surface area (Å²) in [5, 5.41) is 0. The Kier molecular flexibility index (Phi) is 3.14. The molecular weight excluding hydrogens is 234 g/mol. The van der Waals surface area contributed by atoms with E-state index in [2.05, 4.69) is 4.99 Å². The Morgan fingerprint density at radius 3 is 2.67 bits per heavy atom. The lowest BCUT2D eigenvalue weighted by atomic mass is 10.1. The predicted octanol–water partition coefficient (Wildman–Crippen LogP) is 1.31. The highest BCUT2D eigenvalue weighted by Crippen LogP contribution is 2.24. The number of rotatable bonds is 3. The van der Waals surface area contributed by atoms with E-state index >= 15 is 0 Å². The molecule has 0 saturated carbocycles. The van der Waals surface area contributed by atoms with Gasteiger partial charge in [-0.1, -0.05) is 18.2 Å². The Balaban J connectivity index is 2.32. The van der Waals surface area contributed by atoms with Crippen LogP contribution in [-0.4, -0.2) is 30.0 Å². The van der Waals surface area contributed by atoms with Crippen LogP contribution >= 0.6 is 0 Å². The van der Waals surface area contributed by atoms with Gasteiger partial charge in [0, 0.05) is 5.56 Å². The monoisotopic (exact) mass is 247 g/mol. The van der Waals surface area contributed by atoms with Gasteiger partial charge in [0.2, 0.25) is 5.90 Å². The lowest BCUT2D eigenvalue weighted by Gasteiger charge is -2.13. The van der Waals surface area contributed by atoms with E-state index in [0.717, 1.165) is 0 Å². The third kappa shape index (κ3) is 1.99. The van der Waals surface area contributed by atoms with Crippen LogP contribution in [0.1, 0.15) is 19.4 Å². The van der Waals surface area contributed by atoms with Crippen LogP contribution in [0.15, 0.2) is 35.3 Å². The van der Waals surface area contributed by atoms with Gasteiger partial charge < -0.3 is 9.47 Å². The van der Waals surface area contributed by atoms with E-state index in [0.29, 0.717) is 5.56 Å². The van der Waals surface area contributed by atoms with E-state index in [4.69, 9.17) is 9.47 Å². The molecule has 1 atom stereocenters. The first-order valence-electron chi connectivity index (χ1n) is 5.62. The average molecular weight is 247 g/mol. The SMILES string of the molecule is CCOC(=O)[C@]1(C)N=C(c2ccccc2)OC1=O. The molecule has 1 aliphatic rings. The van der Waals surface area contributed by atoms with Crippen LogP contribution in [0.4, 0.5) is 0 Å². The molecule has 0 saturated heterocycles. The first-order chi connectivity index (χ1) is 8.58. The largest absolute Gasteiger partial charge is 0.464 e. The fraction of sp³-hybridized carbons (Fsp3) is 0.308. The standard InChI is InChI=1S/C13H13NO4/c1-3-17-11(15)13(2)12(16)18-10(14-13)9-7-5-4-6-8-9/h4-8H,3H2,1-2H3/t13-/m0/s1. The van der Waals surface area contributed by atoms with Crippen LogP contribution in [0.25, 0.3) is 0 Å². The van der Waals surface area contributed by atoms with Gasteiger partial charge in [0.05, 0.1) is 6.61 Å². The van der Waals surface area contributed by atoms with Crippen molar-refractivity contribution in [2.45, 2.75) is 19.4 Å². The van der Waals surface area contributed by atoms with E-state index in [9.17, 15) is 9.59 Å². The zero-order valence-corrected chi connectivity index (χ0v) is 10.2. The number of carbonyl (C=O) groups is 2. The summed E-state index contributed by atoms with van der Waals surface area (Å²) in [6.45, 7) is 3.25. The minimum absolute atomic E-state index is 0.149. The van der Waals surface area contributed by atoms with Crippen molar-refractivity contribution in [3.05, 3.63) is 35.9 Å². The number of esters is 2. The average Bonchev–Trinajstić information content (AvgIpc) is 2.69. The molecule has 0 spiro atoms. The molecule has 0 unspecified atom stereocenters. The fourth-order valence-electron chi connectivity index (χ4n) is 1.56. The van der Waals surface area contributed by atoms with Gasteiger partial charge in [-0.15, -0.1) is 0 Å². The Morgan fingerprint density at radius 2 is 2.06 bits per heavy atom. The topological polar surface area (TPSA) is 65.0 Å². The van der Waals surface area contributed by atoms with Crippen molar-refractivity contribution in [3.8, 4) is 0 Å². The van der Waals surface area contributed by atoms with Gasteiger partial charge in [0.25, 0.3) is 5.54 Å². The molecule has 0 bridgehead atoms. The molecule has 1 aromatic carbocycles. The summed E-state index contributed by atoms with van der Waals surface area (Å²) in [6, 6.07) is 8.94. The van der Waals surface area contributed by atoms with Crippen molar-refractivity contribution in [1.29, 1.82) is 0 Å². The van der Waals surface area contributed by atoms with Gasteiger partial charge in [-0.3, -0.25) is 0 Å². The first kappa shape index (κ1) is 12.3. The highest BCUT2D eigenvalue weighted by atomic mass is 16.6. The van der Waals surface area contributed by atoms with Gasteiger partial charge >= 0.3 is 11.9 Å². The van der Waals surface area contributed by atoms with Crippen molar-refractivity contribution >= 4 is 17.8 Å². The zero-order valence-electron chi connectivity index (χ0n) is 10.2. The lowest BCUT2D eigenvalue weighted by Crippen LogP contribution is -2.40. The summed E-state index contributed by atoms with van der Waals surface area (Å²) < 4.78 is 9.88. The molecule has 1 heterocycles. The molecule has 18 heavy (non-hydrogen) atoms. The molecule has 5 nitrogen and oxygen atoms in total. The summed E-state index contributed by atoms with van der Waals surface area (Å²) in [5.74, 6) is -1.25. The molecule has 1 aliphatic heterocycles. The highest BCUT2D eigenvalue weighted by Gasteiger charge is 2.50. The van der Waals surface area contributed by atoms with Crippen LogP contribution < -0.4 is 0 Å². The van der Waals surface area contributed by atoms with Gasteiger partial charge in [-0.25, -0.2) is 14.6 Å². The van der Waals surface area contributed by atoms with Crippen molar-refractivity contribution in [1.82, 2.24) is 0 Å². The molecule has 0 aliphatic carbocycles. The fourth-order valence-corrected chi connectivity index (χ4v) is 1.56. The van der Waals surface area contributed by atoms with Crippen molar-refractivity contribution in [3.63, 3.8) is 0 Å². The van der Waals surface area contributed by atoms with Gasteiger partial charge in [0.15, 0.2) is 0 Å². The summed E-state index contributed by atoms with van der Waals surface area (Å²) in [7, 11) is 0. The lowest BCUT2D eigenvalue weighted by molar-refractivity contribution is -0.156. The number of hydrogen-bond acceptors (Lipinski definition) is 5. The number of nitrogens with zero attached hydrogens (tertiary/aromatic N) is 1. The normalized spacial score (nSPS) is 22.3. The van der Waals surface area contributed by atoms with E-state index < -0.39 is 17.5 Å². The highest BCUT2D eigenvalue weighted by molar-refractivity contribution is 6.16. The van der Waals surface area contributed by atoms with Crippen LogP contribution in [0, 0.1) is 0 Å². The van der Waals surface area contributed by atoms with Gasteiger partial charge in [0.1, 0.15) is 0 Å². The number of cyclic esters (lactones) is 1. The van der Waals surface area contributed by atoms with Gasteiger partial charge in [-0.05, 0) is 26.0 Å². The molecule has 0 radical (unpaired) electrons. The second-order valence-electron chi connectivity index (χ2n) is 3.97. The molecular formula is C13H13NO4. The number of ether oxygens (including phenoxy) is 2. The number of hydrogen-bond donors (Lipinski definition) is 0. The Labute approximate surface area is 104 Å². The van der Waals surface area contributed by atoms with E-state index in [1.165, 1.54) is 6.92 Å². The van der Waals surface area contributed by atoms with E-state index in [1.807, 2.05) is 6.07 Å². The third-order valence-electron chi connectivity index (χ3n) is 2.61. The minimum Gasteiger partial charge on any atom is -0.464 e. The molecule has 2 rings (SSSR count). The molecule has 94 valence electrons. The number of aliphatic imine (C=N–C) groups is 1. The molecule has 5 heteroatoms. The second-order valence-corrected chi connectivity index (χ2v) is 3.97. The molecule has 0 N–H and O–H groups in total. The van der Waals surface area contributed by atoms with Gasteiger partial charge in [-0.2, -0.15) is 0 Å². The molecule has 0 fully saturated rings. The third-order valence-corrected chi connectivity index (χ3v) is 2.61. The minimum atomic E-state index is -1.60. The smallest absolute Gasteiger partial charge is 0.352 e. The maximum absolute atomic E-state index is 11.8. The summed E-state index contributed by atoms with van der Waals surface area (Å²) in [5.41, 5.74) is -0.944. The second kappa shape index (κ2) is 4.60. The Morgan fingerprint density at radius 1 is 1.39 bits per heavy atom. The number of carbonyl (C=O) groups excluding carboxylic acids is 2. The summed E-state index contributed by atoms with van der Waals surface area (Å²) in [4.78, 5) is 27.5. The van der Waals surface area contributed by atoms with E-state index in [-0.39, 0.29) is 12.5 Å². The number of benzene rings is 1. The molecule has 1 aromatic rings. The van der Waals surface area contributed by atoms with Crippen LogP contribution in [0.2, 0.25) is 0 Å². The quantitative estimate of drug-likeness (QED) is 0.596. The zero-order chi connectivity index (χ0) is 13.2. The van der Waals surface area contributed by atoms with Crippen molar-refractivity contribution in [2.24, 2.45) is 4.99 Å². The van der Waals surface area contributed by atoms with E-state index in [1.54, 1.807) is 31.2 Å². The molecule has 0 aromatic heterocycles. The molecule has 0 amide bonds.